The van der Waals surface area contributed by atoms with E-state index in [9.17, 15) is 18.4 Å². The predicted octanol–water partition coefficient (Wildman–Crippen LogP) is 3.09. The van der Waals surface area contributed by atoms with E-state index in [0.717, 1.165) is 5.69 Å². The number of amides is 1. The van der Waals surface area contributed by atoms with Crippen molar-refractivity contribution in [3.8, 4) is 0 Å². The number of rotatable bonds is 5. The Hall–Kier alpha value is -3.47. The Morgan fingerprint density at radius 2 is 1.81 bits per heavy atom. The molecule has 5 rings (SSSR count). The van der Waals surface area contributed by atoms with Crippen molar-refractivity contribution >= 4 is 22.6 Å². The van der Waals surface area contributed by atoms with E-state index in [2.05, 4.69) is 30.1 Å². The van der Waals surface area contributed by atoms with Gasteiger partial charge in [-0.05, 0) is 39.0 Å². The Morgan fingerprint density at radius 1 is 1.11 bits per heavy atom. The number of carbonyl (C=O) groups excluding carboxylic acids is 1. The van der Waals surface area contributed by atoms with E-state index in [1.54, 1.807) is 38.1 Å². The summed E-state index contributed by atoms with van der Waals surface area (Å²) < 4.78 is 41.5. The molecule has 2 aromatic heterocycles. The molecule has 1 aromatic carbocycles. The second kappa shape index (κ2) is 8.88. The van der Waals surface area contributed by atoms with Gasteiger partial charge in [0.2, 0.25) is 0 Å². The van der Waals surface area contributed by atoms with Gasteiger partial charge >= 0.3 is 0 Å². The summed E-state index contributed by atoms with van der Waals surface area (Å²) >= 11 is 0. The molecule has 1 aliphatic heterocycles. The molecule has 2 atom stereocenters. The molecular formula is C25H27F3N6O2. The zero-order valence-electron chi connectivity index (χ0n) is 20.2. The van der Waals surface area contributed by atoms with E-state index in [4.69, 9.17) is 0 Å². The van der Waals surface area contributed by atoms with Gasteiger partial charge in [-0.3, -0.25) is 14.5 Å². The Kier molecular flexibility index (Phi) is 5.98. The molecule has 2 unspecified atom stereocenters. The molecule has 1 saturated heterocycles. The standard InChI is InChI=1S/C25H27F3N6O2/c1-13-19(7-6-18(29-13)24(36)31-20-12-25(20,27)28)34-10-8-33(9-11-34)15(3)16-4-5-17-22(21(16)26)32-23(35)14(2)30-17/h4-7,15,20H,8-12H2,1-3H3,(H,31,36)(H,32,35). The number of carbonyl (C=O) groups is 1. The molecule has 8 nitrogen and oxygen atoms in total. The number of alkyl halides is 2. The van der Waals surface area contributed by atoms with Gasteiger partial charge in [0.1, 0.15) is 16.9 Å². The number of aromatic amines is 1. The number of halogens is 3. The number of benzene rings is 1. The molecule has 36 heavy (non-hydrogen) atoms. The number of pyridine rings is 1. The van der Waals surface area contributed by atoms with Gasteiger partial charge in [-0.1, -0.05) is 6.07 Å². The number of piperazine rings is 1. The molecule has 0 radical (unpaired) electrons. The van der Waals surface area contributed by atoms with Crippen LogP contribution in [0, 0.1) is 19.7 Å². The Bertz CT molecular complexity index is 1400. The van der Waals surface area contributed by atoms with Crippen LogP contribution >= 0.6 is 0 Å². The molecule has 2 fully saturated rings. The minimum absolute atomic E-state index is 0.112. The van der Waals surface area contributed by atoms with Crippen LogP contribution in [0.4, 0.5) is 18.9 Å². The first kappa shape index (κ1) is 24.2. The van der Waals surface area contributed by atoms with Crippen LogP contribution in [-0.2, 0) is 0 Å². The summed E-state index contributed by atoms with van der Waals surface area (Å²) in [5.74, 6) is -3.90. The van der Waals surface area contributed by atoms with E-state index in [-0.39, 0.29) is 23.7 Å². The fraction of sp³-hybridized carbons (Fsp3) is 0.440. The van der Waals surface area contributed by atoms with Gasteiger partial charge in [-0.2, -0.15) is 0 Å². The largest absolute Gasteiger partial charge is 0.368 e. The lowest BCUT2D eigenvalue weighted by Crippen LogP contribution is -2.47. The minimum atomic E-state index is -2.83. The molecule has 1 amide bonds. The number of hydrogen-bond acceptors (Lipinski definition) is 6. The molecule has 11 heteroatoms. The molecule has 1 saturated carbocycles. The summed E-state index contributed by atoms with van der Waals surface area (Å²) in [6.45, 7) is 7.97. The molecule has 0 spiro atoms. The maximum Gasteiger partial charge on any atom is 0.270 e. The number of nitrogens with zero attached hydrogens (tertiary/aromatic N) is 4. The SMILES string of the molecule is Cc1nc(C(=O)NC2CC2(F)F)ccc1N1CCN(C(C)c2ccc3nc(C)c(=O)[nH]c3c2F)CC1. The lowest BCUT2D eigenvalue weighted by Gasteiger charge is -2.39. The Labute approximate surface area is 205 Å². The normalized spacial score (nSPS) is 20.4. The van der Waals surface area contributed by atoms with E-state index < -0.39 is 29.2 Å². The monoisotopic (exact) mass is 500 g/mol. The lowest BCUT2D eigenvalue weighted by atomic mass is 10.0. The van der Waals surface area contributed by atoms with Crippen LogP contribution in [0.3, 0.4) is 0 Å². The average Bonchev–Trinajstić information content (AvgIpc) is 3.45. The van der Waals surface area contributed by atoms with Gasteiger partial charge in [0.15, 0.2) is 5.82 Å². The molecular weight excluding hydrogens is 473 g/mol. The number of aryl methyl sites for hydroxylation is 2. The molecule has 2 N–H and O–H groups in total. The molecule has 3 heterocycles. The van der Waals surface area contributed by atoms with Gasteiger partial charge in [-0.25, -0.2) is 23.1 Å². The quantitative estimate of drug-likeness (QED) is 0.559. The van der Waals surface area contributed by atoms with Crippen molar-refractivity contribution in [2.45, 2.75) is 45.2 Å². The summed E-state index contributed by atoms with van der Waals surface area (Å²) in [6, 6.07) is 5.45. The third kappa shape index (κ3) is 4.43. The van der Waals surface area contributed by atoms with E-state index in [0.29, 0.717) is 48.6 Å². The number of aromatic nitrogens is 3. The van der Waals surface area contributed by atoms with Crippen molar-refractivity contribution in [1.82, 2.24) is 25.2 Å². The second-order valence-electron chi connectivity index (χ2n) is 9.51. The third-order valence-electron chi connectivity index (χ3n) is 7.08. The zero-order chi connectivity index (χ0) is 25.8. The van der Waals surface area contributed by atoms with Crippen molar-refractivity contribution in [1.29, 1.82) is 0 Å². The number of hydrogen-bond donors (Lipinski definition) is 2. The van der Waals surface area contributed by atoms with Crippen LogP contribution in [0.15, 0.2) is 29.1 Å². The highest BCUT2D eigenvalue weighted by Gasteiger charge is 2.58. The minimum Gasteiger partial charge on any atom is -0.368 e. The predicted molar refractivity (Wildman–Crippen MR) is 129 cm³/mol. The van der Waals surface area contributed by atoms with Crippen molar-refractivity contribution < 1.29 is 18.0 Å². The lowest BCUT2D eigenvalue weighted by molar-refractivity contribution is 0.0845. The van der Waals surface area contributed by atoms with Gasteiger partial charge in [0.05, 0.1) is 22.9 Å². The van der Waals surface area contributed by atoms with Crippen LogP contribution in [0.5, 0.6) is 0 Å². The van der Waals surface area contributed by atoms with Crippen LogP contribution in [-0.4, -0.2) is 63.9 Å². The van der Waals surface area contributed by atoms with Crippen molar-refractivity contribution in [3.63, 3.8) is 0 Å². The first-order chi connectivity index (χ1) is 17.0. The van der Waals surface area contributed by atoms with Gasteiger partial charge in [0, 0.05) is 44.2 Å². The fourth-order valence-corrected chi connectivity index (χ4v) is 4.72. The number of anilines is 1. The van der Waals surface area contributed by atoms with Gasteiger partial charge < -0.3 is 15.2 Å². The van der Waals surface area contributed by atoms with Crippen LogP contribution < -0.4 is 15.8 Å². The van der Waals surface area contributed by atoms with Gasteiger partial charge in [0.25, 0.3) is 17.4 Å². The van der Waals surface area contributed by atoms with E-state index in [1.165, 1.54) is 0 Å². The average molecular weight is 501 g/mol. The molecule has 2 aliphatic rings. The van der Waals surface area contributed by atoms with Crippen molar-refractivity contribution in [2.75, 3.05) is 31.1 Å². The Morgan fingerprint density at radius 3 is 2.44 bits per heavy atom. The number of fused-ring (bicyclic) bond motifs is 1. The molecule has 190 valence electrons. The summed E-state index contributed by atoms with van der Waals surface area (Å²) in [5.41, 5.74) is 2.53. The first-order valence-electron chi connectivity index (χ1n) is 11.9. The second-order valence-corrected chi connectivity index (χ2v) is 9.51. The molecule has 1 aliphatic carbocycles. The van der Waals surface area contributed by atoms with E-state index >= 15 is 4.39 Å². The summed E-state index contributed by atoms with van der Waals surface area (Å²) in [7, 11) is 0. The maximum absolute atomic E-state index is 15.3. The van der Waals surface area contributed by atoms with Crippen molar-refractivity contribution in [2.24, 2.45) is 0 Å². The molecule has 3 aromatic rings. The number of nitrogens with one attached hydrogen (secondary N) is 2. The summed E-state index contributed by atoms with van der Waals surface area (Å²) in [4.78, 5) is 39.6. The van der Waals surface area contributed by atoms with Crippen LogP contribution in [0.2, 0.25) is 0 Å². The van der Waals surface area contributed by atoms with E-state index in [1.807, 2.05) is 6.92 Å². The smallest absolute Gasteiger partial charge is 0.270 e. The third-order valence-corrected chi connectivity index (χ3v) is 7.08. The zero-order valence-corrected chi connectivity index (χ0v) is 20.2. The number of H-pyrrole nitrogens is 1. The first-order valence-corrected chi connectivity index (χ1v) is 11.9. The highest BCUT2D eigenvalue weighted by molar-refractivity contribution is 5.93. The summed E-state index contributed by atoms with van der Waals surface area (Å²) in [5, 5.41) is 2.32. The van der Waals surface area contributed by atoms with Crippen LogP contribution in [0.25, 0.3) is 11.0 Å². The highest BCUT2D eigenvalue weighted by atomic mass is 19.3. The summed E-state index contributed by atoms with van der Waals surface area (Å²) in [6.07, 6.45) is -0.337. The highest BCUT2D eigenvalue weighted by Crippen LogP contribution is 2.41. The maximum atomic E-state index is 15.3. The van der Waals surface area contributed by atoms with Crippen LogP contribution in [0.1, 0.15) is 46.8 Å². The Balaban J connectivity index is 1.25. The topological polar surface area (TPSA) is 94.2 Å². The van der Waals surface area contributed by atoms with Gasteiger partial charge in [-0.15, -0.1) is 0 Å². The van der Waals surface area contributed by atoms with Crippen molar-refractivity contribution in [3.05, 3.63) is 63.1 Å². The molecule has 0 bridgehead atoms. The fourth-order valence-electron chi connectivity index (χ4n) is 4.72.